The lowest BCUT2D eigenvalue weighted by molar-refractivity contribution is -0.155. The van der Waals surface area contributed by atoms with Crippen LogP contribution in [0, 0.1) is 16.7 Å². The fourth-order valence-corrected chi connectivity index (χ4v) is 11.4. The molecule has 0 saturated carbocycles. The number of pyridine rings is 1. The van der Waals surface area contributed by atoms with Gasteiger partial charge in [0.2, 0.25) is 17.7 Å². The molecular weight excluding hydrogens is 861 g/mol. The molecule has 4 fully saturated rings. The quantitative estimate of drug-likeness (QED) is 0.126. The molecule has 4 aromatic rings. The maximum atomic E-state index is 14.8. The molecule has 5 atom stereocenters. The number of fused-ring (bicyclic) bond motifs is 6. The molecular formula is C53H68N8O7. The Morgan fingerprint density at radius 1 is 0.985 bits per heavy atom. The van der Waals surface area contributed by atoms with Crippen molar-refractivity contribution in [1.82, 2.24) is 40.4 Å². The summed E-state index contributed by atoms with van der Waals surface area (Å²) in [7, 11) is 0. The van der Waals surface area contributed by atoms with Crippen LogP contribution in [-0.4, -0.2) is 123 Å². The van der Waals surface area contributed by atoms with Crippen molar-refractivity contribution in [2.24, 2.45) is 16.7 Å². The third-order valence-corrected chi connectivity index (χ3v) is 14.9. The second-order valence-corrected chi connectivity index (χ2v) is 21.4. The summed E-state index contributed by atoms with van der Waals surface area (Å²) in [6, 6.07) is 12.8. The van der Waals surface area contributed by atoms with Gasteiger partial charge in [0, 0.05) is 73.8 Å². The Bertz CT molecular complexity index is 2640. The smallest absolute Gasteiger partial charge is 0.324 e. The Morgan fingerprint density at radius 3 is 2.51 bits per heavy atom. The Kier molecular flexibility index (Phi) is 12.9. The number of hydrogen-bond donors (Lipinski definition) is 4. The van der Waals surface area contributed by atoms with Gasteiger partial charge in [0.25, 0.3) is 5.91 Å². The first-order valence-corrected chi connectivity index (χ1v) is 24.8. The zero-order chi connectivity index (χ0) is 48.2. The fraction of sp³-hybridized carbons (Fsp3) is 0.547. The molecule has 4 saturated heterocycles. The highest BCUT2D eigenvalue weighted by Gasteiger charge is 2.53. The van der Waals surface area contributed by atoms with Gasteiger partial charge < -0.3 is 34.8 Å². The van der Waals surface area contributed by atoms with Crippen molar-refractivity contribution in [3.63, 3.8) is 0 Å². The molecule has 5 aliphatic rings. The van der Waals surface area contributed by atoms with Crippen LogP contribution in [0.1, 0.15) is 103 Å². The number of likely N-dealkylation sites (tertiary alicyclic amines) is 2. The van der Waals surface area contributed by atoms with E-state index in [-0.39, 0.29) is 48.5 Å². The third-order valence-electron chi connectivity index (χ3n) is 14.9. The topological polar surface area (TPSA) is 188 Å². The van der Waals surface area contributed by atoms with Gasteiger partial charge >= 0.3 is 5.97 Å². The predicted molar refractivity (Wildman–Crippen MR) is 259 cm³/mol. The highest BCUT2D eigenvalue weighted by atomic mass is 16.5. The standard InChI is InChI=1S/C53H68N8O7/c1-8-59-43-15-14-34-26-38(43)39(46(59)37-12-9-18-54-44(37)31(2)3)27-52(6,7)30-68-50(66)40-13-10-20-61(57-40)49(65)41(24-33-22-35(34)25-36(62)23-33)56-47(63)45(32(4)5)60-21-17-53(51(60)67)16-11-19-58(29-53)48(64)42-28-55-42/h9,12,14-15,18,22-23,25-26,31-32,40-42,45,55,57,62H,8,10-11,13,16-17,19-21,24,27-30H2,1-7H3,(H,56,63)/t40-,41-,42+,45-,53-/m0/s1. The monoisotopic (exact) mass is 929 g/mol. The molecule has 0 unspecified atom stereocenters. The first kappa shape index (κ1) is 47.3. The minimum Gasteiger partial charge on any atom is -0.508 e. The fourth-order valence-electron chi connectivity index (χ4n) is 11.4. The lowest BCUT2D eigenvalue weighted by atomic mass is 9.78. The SMILES string of the molecule is CCn1c(-c2cccnc2C(C)C)c2c3cc(ccc31)-c1cc(O)cc(c1)C[C@H](NC(=O)[C@H](C(C)C)N1CC[C@]3(CCCN(C(=O)[C@H]4CN4)C3)C1=O)C(=O)N1CCC[C@H](N1)C(=O)OCC(C)(C)C2. The highest BCUT2D eigenvalue weighted by Crippen LogP contribution is 2.44. The number of piperidine rings is 1. The number of rotatable bonds is 8. The molecule has 1 spiro atoms. The average Bonchev–Trinajstić information content (AvgIpc) is 4.07. The van der Waals surface area contributed by atoms with Crippen molar-refractivity contribution < 1.29 is 33.8 Å². The number of esters is 1. The Balaban J connectivity index is 1.09. The van der Waals surface area contributed by atoms with Crippen molar-refractivity contribution in [1.29, 1.82) is 0 Å². The number of amides is 4. The number of nitrogens with one attached hydrogen (secondary N) is 3. The number of aromatic nitrogens is 2. The van der Waals surface area contributed by atoms with E-state index in [1.165, 1.54) is 5.01 Å². The van der Waals surface area contributed by atoms with Crippen LogP contribution >= 0.6 is 0 Å². The van der Waals surface area contributed by atoms with E-state index in [4.69, 9.17) is 9.72 Å². The molecule has 5 aliphatic heterocycles. The maximum Gasteiger partial charge on any atom is 0.324 e. The number of hydrogen-bond acceptors (Lipinski definition) is 10. The molecule has 4 N–H and O–H groups in total. The number of hydrazine groups is 1. The van der Waals surface area contributed by atoms with Crippen LogP contribution in [0.5, 0.6) is 5.75 Å². The van der Waals surface area contributed by atoms with E-state index in [1.807, 2.05) is 32.2 Å². The van der Waals surface area contributed by atoms with Crippen LogP contribution in [0.2, 0.25) is 0 Å². The van der Waals surface area contributed by atoms with Crippen molar-refractivity contribution in [2.75, 3.05) is 39.3 Å². The van der Waals surface area contributed by atoms with Crippen LogP contribution in [0.25, 0.3) is 33.3 Å². The molecule has 7 heterocycles. The number of cyclic esters (lactones) is 1. The van der Waals surface area contributed by atoms with Gasteiger partial charge in [-0.05, 0) is 116 Å². The van der Waals surface area contributed by atoms with Crippen molar-refractivity contribution in [2.45, 2.75) is 130 Å². The molecule has 4 amide bonds. The summed E-state index contributed by atoms with van der Waals surface area (Å²) in [4.78, 5) is 79.6. The molecule has 0 radical (unpaired) electrons. The second kappa shape index (κ2) is 18.6. The van der Waals surface area contributed by atoms with E-state index in [0.29, 0.717) is 83.4 Å². The van der Waals surface area contributed by atoms with Crippen molar-refractivity contribution in [3.05, 3.63) is 71.5 Å². The third kappa shape index (κ3) is 9.11. The molecule has 362 valence electrons. The second-order valence-electron chi connectivity index (χ2n) is 21.4. The molecule has 9 rings (SSSR count). The van der Waals surface area contributed by atoms with Crippen LogP contribution in [0.4, 0.5) is 0 Å². The Morgan fingerprint density at radius 2 is 1.78 bits per heavy atom. The maximum absolute atomic E-state index is 14.8. The van der Waals surface area contributed by atoms with Gasteiger partial charge in [0.15, 0.2) is 0 Å². The van der Waals surface area contributed by atoms with Gasteiger partial charge in [-0.2, -0.15) is 0 Å². The van der Waals surface area contributed by atoms with E-state index in [0.717, 1.165) is 44.5 Å². The normalized spacial score (nSPS) is 24.7. The van der Waals surface area contributed by atoms with Crippen molar-refractivity contribution in [3.8, 4) is 28.1 Å². The van der Waals surface area contributed by atoms with Gasteiger partial charge in [-0.15, -0.1) is 0 Å². The molecule has 2 aromatic carbocycles. The summed E-state index contributed by atoms with van der Waals surface area (Å²) in [5.41, 5.74) is 9.41. The van der Waals surface area contributed by atoms with Crippen LogP contribution in [0.15, 0.2) is 54.7 Å². The minimum absolute atomic E-state index is 0.0130. The number of ether oxygens (including phenoxy) is 1. The Hall–Kier alpha value is -5.80. The number of aromatic hydroxyl groups is 1. The van der Waals surface area contributed by atoms with E-state index in [1.54, 1.807) is 21.9 Å². The largest absolute Gasteiger partial charge is 0.508 e. The van der Waals surface area contributed by atoms with Crippen LogP contribution in [-0.2, 0) is 48.1 Å². The summed E-state index contributed by atoms with van der Waals surface area (Å²) < 4.78 is 8.48. The molecule has 68 heavy (non-hydrogen) atoms. The van der Waals surface area contributed by atoms with E-state index >= 15 is 0 Å². The zero-order valence-electron chi connectivity index (χ0n) is 40.7. The lowest BCUT2D eigenvalue weighted by Gasteiger charge is -2.40. The van der Waals surface area contributed by atoms with Crippen molar-refractivity contribution >= 4 is 40.5 Å². The number of carbonyl (C=O) groups is 5. The number of carbonyl (C=O) groups excluding carboxylic acids is 5. The molecule has 15 heteroatoms. The first-order chi connectivity index (χ1) is 32.5. The van der Waals surface area contributed by atoms with Gasteiger partial charge in [-0.1, -0.05) is 53.7 Å². The summed E-state index contributed by atoms with van der Waals surface area (Å²) >= 11 is 0. The number of phenolic OH excluding ortho intramolecular Hbond substituents is 1. The van der Waals surface area contributed by atoms with E-state index < -0.39 is 46.7 Å². The molecule has 2 aromatic heterocycles. The molecule has 15 nitrogen and oxygen atoms in total. The Labute approximate surface area is 399 Å². The van der Waals surface area contributed by atoms with Gasteiger partial charge in [-0.25, -0.2) is 5.43 Å². The van der Waals surface area contributed by atoms with Crippen LogP contribution < -0.4 is 16.1 Å². The number of phenols is 1. The lowest BCUT2D eigenvalue weighted by Crippen LogP contribution is -2.62. The van der Waals surface area contributed by atoms with Gasteiger partial charge in [0.1, 0.15) is 23.9 Å². The number of benzene rings is 2. The summed E-state index contributed by atoms with van der Waals surface area (Å²) in [6.07, 6.45) is 5.31. The summed E-state index contributed by atoms with van der Waals surface area (Å²) in [5, 5.41) is 20.0. The van der Waals surface area contributed by atoms with Gasteiger partial charge in [-0.3, -0.25) is 34.0 Å². The van der Waals surface area contributed by atoms with Gasteiger partial charge in [0.05, 0.1) is 29.5 Å². The van der Waals surface area contributed by atoms with E-state index in [2.05, 4.69) is 79.5 Å². The van der Waals surface area contributed by atoms with E-state index in [9.17, 15) is 29.1 Å². The number of nitrogens with zero attached hydrogens (tertiary/aromatic N) is 5. The summed E-state index contributed by atoms with van der Waals surface area (Å²) in [6.45, 7) is 17.5. The summed E-state index contributed by atoms with van der Waals surface area (Å²) in [5.74, 6) is -1.60. The zero-order valence-corrected chi connectivity index (χ0v) is 40.7. The highest BCUT2D eigenvalue weighted by molar-refractivity contribution is 5.97. The molecule has 6 bridgehead atoms. The predicted octanol–water partition coefficient (Wildman–Crippen LogP) is 5.71. The van der Waals surface area contributed by atoms with Crippen LogP contribution in [0.3, 0.4) is 0 Å². The minimum atomic E-state index is -1.14. The number of aryl methyl sites for hydroxylation is 1. The molecule has 0 aliphatic carbocycles. The average molecular weight is 929 g/mol. The first-order valence-electron chi connectivity index (χ1n) is 24.8.